The minimum atomic E-state index is -0.495. The predicted molar refractivity (Wildman–Crippen MR) is 104 cm³/mol. The van der Waals surface area contributed by atoms with Crippen LogP contribution in [0.25, 0.3) is 0 Å². The molecule has 0 saturated heterocycles. The SMILES string of the molecule is O=C(CCC(=O)Nc1ccc(Cl)cc1Cl)NNC(=O)c1cccc(Br)c1. The fraction of sp³-hybridized carbons (Fsp3) is 0.118. The monoisotopic (exact) mass is 457 g/mol. The van der Waals surface area contributed by atoms with Gasteiger partial charge in [-0.15, -0.1) is 0 Å². The summed E-state index contributed by atoms with van der Waals surface area (Å²) in [6.45, 7) is 0. The van der Waals surface area contributed by atoms with Crippen LogP contribution in [0.15, 0.2) is 46.9 Å². The number of hydrogen-bond donors (Lipinski definition) is 3. The first-order valence-corrected chi connectivity index (χ1v) is 8.99. The third kappa shape index (κ3) is 6.33. The van der Waals surface area contributed by atoms with Crippen LogP contribution in [0, 0.1) is 0 Å². The number of hydrogen-bond acceptors (Lipinski definition) is 3. The molecule has 2 rings (SSSR count). The van der Waals surface area contributed by atoms with E-state index in [2.05, 4.69) is 32.1 Å². The van der Waals surface area contributed by atoms with Crippen molar-refractivity contribution in [3.8, 4) is 0 Å². The second-order valence-electron chi connectivity index (χ2n) is 5.18. The Kier molecular flexibility index (Phi) is 7.44. The number of nitrogens with one attached hydrogen (secondary N) is 3. The van der Waals surface area contributed by atoms with Crippen LogP contribution in [0.1, 0.15) is 23.2 Å². The van der Waals surface area contributed by atoms with E-state index in [9.17, 15) is 14.4 Å². The molecule has 136 valence electrons. The summed E-state index contributed by atoms with van der Waals surface area (Å²) in [5.41, 5.74) is 5.34. The third-order valence-corrected chi connectivity index (χ3v) is 4.23. The molecule has 3 amide bonds. The molecule has 0 aliphatic rings. The summed E-state index contributed by atoms with van der Waals surface area (Å²) < 4.78 is 0.744. The topological polar surface area (TPSA) is 87.3 Å². The van der Waals surface area contributed by atoms with Crippen LogP contribution in [0.5, 0.6) is 0 Å². The molecule has 0 fully saturated rings. The van der Waals surface area contributed by atoms with E-state index >= 15 is 0 Å². The number of hydrazine groups is 1. The Morgan fingerprint density at radius 1 is 0.923 bits per heavy atom. The number of amides is 3. The molecule has 0 aliphatic carbocycles. The van der Waals surface area contributed by atoms with Gasteiger partial charge in [-0.2, -0.15) is 0 Å². The molecule has 9 heteroatoms. The number of benzene rings is 2. The number of carbonyl (C=O) groups is 3. The summed E-state index contributed by atoms with van der Waals surface area (Å²) in [6, 6.07) is 11.4. The maximum atomic E-state index is 11.9. The number of carbonyl (C=O) groups excluding carboxylic acids is 3. The zero-order valence-electron chi connectivity index (χ0n) is 13.3. The average molecular weight is 459 g/mol. The summed E-state index contributed by atoms with van der Waals surface area (Å²) >= 11 is 15.0. The second-order valence-corrected chi connectivity index (χ2v) is 6.94. The molecule has 0 unspecified atom stereocenters. The zero-order valence-corrected chi connectivity index (χ0v) is 16.4. The summed E-state index contributed by atoms with van der Waals surface area (Å²) in [4.78, 5) is 35.5. The van der Waals surface area contributed by atoms with E-state index < -0.39 is 11.8 Å². The van der Waals surface area contributed by atoms with Gasteiger partial charge in [-0.25, -0.2) is 0 Å². The van der Waals surface area contributed by atoms with Crippen LogP contribution < -0.4 is 16.2 Å². The molecule has 2 aromatic rings. The van der Waals surface area contributed by atoms with Gasteiger partial charge in [0.25, 0.3) is 5.91 Å². The highest BCUT2D eigenvalue weighted by Gasteiger charge is 2.11. The summed E-state index contributed by atoms with van der Waals surface area (Å²) in [7, 11) is 0. The minimum absolute atomic E-state index is 0.0719. The molecular formula is C17H14BrCl2N3O3. The smallest absolute Gasteiger partial charge is 0.269 e. The molecule has 0 atom stereocenters. The molecule has 0 saturated carbocycles. The summed E-state index contributed by atoms with van der Waals surface area (Å²) in [5, 5.41) is 3.34. The normalized spacial score (nSPS) is 10.1. The molecule has 0 spiro atoms. The Bertz CT molecular complexity index is 846. The van der Waals surface area contributed by atoms with Gasteiger partial charge in [-0.1, -0.05) is 45.2 Å². The highest BCUT2D eigenvalue weighted by Crippen LogP contribution is 2.25. The number of anilines is 1. The van der Waals surface area contributed by atoms with E-state index in [0.29, 0.717) is 21.3 Å². The highest BCUT2D eigenvalue weighted by molar-refractivity contribution is 9.10. The Morgan fingerprint density at radius 2 is 1.65 bits per heavy atom. The Labute approximate surface area is 168 Å². The van der Waals surface area contributed by atoms with E-state index in [4.69, 9.17) is 23.2 Å². The van der Waals surface area contributed by atoms with E-state index in [-0.39, 0.29) is 18.7 Å². The Morgan fingerprint density at radius 3 is 2.35 bits per heavy atom. The highest BCUT2D eigenvalue weighted by atomic mass is 79.9. The first-order valence-electron chi connectivity index (χ1n) is 7.45. The Balaban J connectivity index is 1.76. The van der Waals surface area contributed by atoms with Gasteiger partial charge in [0.2, 0.25) is 11.8 Å². The van der Waals surface area contributed by atoms with E-state index in [1.165, 1.54) is 6.07 Å². The lowest BCUT2D eigenvalue weighted by atomic mass is 10.2. The van der Waals surface area contributed by atoms with Crippen molar-refractivity contribution in [2.75, 3.05) is 5.32 Å². The van der Waals surface area contributed by atoms with Crippen molar-refractivity contribution in [1.29, 1.82) is 0 Å². The molecule has 0 aromatic heterocycles. The van der Waals surface area contributed by atoms with Crippen LogP contribution in [0.3, 0.4) is 0 Å². The van der Waals surface area contributed by atoms with Crippen LogP contribution in [0.2, 0.25) is 10.0 Å². The van der Waals surface area contributed by atoms with Crippen LogP contribution >= 0.6 is 39.1 Å². The van der Waals surface area contributed by atoms with Gasteiger partial charge in [0.05, 0.1) is 10.7 Å². The Hall–Kier alpha value is -2.09. The average Bonchev–Trinajstić information content (AvgIpc) is 2.60. The quantitative estimate of drug-likeness (QED) is 0.593. The molecule has 0 bridgehead atoms. The first kappa shape index (κ1) is 20.2. The van der Waals surface area contributed by atoms with Crippen molar-refractivity contribution in [1.82, 2.24) is 10.9 Å². The molecule has 0 aliphatic heterocycles. The number of halogens is 3. The maximum absolute atomic E-state index is 11.9. The molecule has 0 heterocycles. The van der Waals surface area contributed by atoms with Crippen molar-refractivity contribution in [2.45, 2.75) is 12.8 Å². The lowest BCUT2D eigenvalue weighted by molar-refractivity contribution is -0.124. The standard InChI is InChI=1S/C17H14BrCl2N3O3/c18-11-3-1-2-10(8-11)17(26)23-22-16(25)7-6-15(24)21-14-5-4-12(19)9-13(14)20/h1-5,8-9H,6-7H2,(H,21,24)(H,22,25)(H,23,26). The van der Waals surface area contributed by atoms with E-state index in [1.54, 1.807) is 36.4 Å². The van der Waals surface area contributed by atoms with Crippen LogP contribution in [0.4, 0.5) is 5.69 Å². The summed E-state index contributed by atoms with van der Waals surface area (Å²) in [6.07, 6.45) is -0.173. The zero-order chi connectivity index (χ0) is 19.1. The molecule has 3 N–H and O–H groups in total. The van der Waals surface area contributed by atoms with E-state index in [1.807, 2.05) is 0 Å². The fourth-order valence-corrected chi connectivity index (χ4v) is 2.78. The van der Waals surface area contributed by atoms with Gasteiger partial charge < -0.3 is 5.32 Å². The predicted octanol–water partition coefficient (Wildman–Crippen LogP) is 3.94. The minimum Gasteiger partial charge on any atom is -0.325 e. The van der Waals surface area contributed by atoms with Gasteiger partial charge in [-0.3, -0.25) is 25.2 Å². The van der Waals surface area contributed by atoms with Gasteiger partial charge in [-0.05, 0) is 36.4 Å². The lowest BCUT2D eigenvalue weighted by Gasteiger charge is -2.09. The van der Waals surface area contributed by atoms with Crippen molar-refractivity contribution in [2.24, 2.45) is 0 Å². The molecule has 2 aromatic carbocycles. The first-order chi connectivity index (χ1) is 12.3. The third-order valence-electron chi connectivity index (χ3n) is 3.19. The van der Waals surface area contributed by atoms with Crippen molar-refractivity contribution < 1.29 is 14.4 Å². The van der Waals surface area contributed by atoms with Gasteiger partial charge >= 0.3 is 0 Å². The van der Waals surface area contributed by atoms with Crippen LogP contribution in [-0.4, -0.2) is 17.7 Å². The van der Waals surface area contributed by atoms with Crippen molar-refractivity contribution in [3.63, 3.8) is 0 Å². The second kappa shape index (κ2) is 9.56. The van der Waals surface area contributed by atoms with Gasteiger partial charge in [0, 0.05) is 27.9 Å². The fourth-order valence-electron chi connectivity index (χ4n) is 1.92. The van der Waals surface area contributed by atoms with Crippen molar-refractivity contribution in [3.05, 3.63) is 62.5 Å². The maximum Gasteiger partial charge on any atom is 0.269 e. The van der Waals surface area contributed by atoms with Gasteiger partial charge in [0.1, 0.15) is 0 Å². The van der Waals surface area contributed by atoms with E-state index in [0.717, 1.165) is 4.47 Å². The number of rotatable bonds is 5. The molecule has 0 radical (unpaired) electrons. The molecular weight excluding hydrogens is 445 g/mol. The van der Waals surface area contributed by atoms with Crippen molar-refractivity contribution >= 4 is 62.5 Å². The summed E-state index contributed by atoms with van der Waals surface area (Å²) in [5.74, 6) is -1.34. The molecule has 26 heavy (non-hydrogen) atoms. The van der Waals surface area contributed by atoms with Crippen LogP contribution in [-0.2, 0) is 9.59 Å². The lowest BCUT2D eigenvalue weighted by Crippen LogP contribution is -2.41. The largest absolute Gasteiger partial charge is 0.325 e. The van der Waals surface area contributed by atoms with Gasteiger partial charge in [0.15, 0.2) is 0 Å². The molecule has 6 nitrogen and oxygen atoms in total.